The molecule has 1 aromatic rings. The molecule has 0 aliphatic heterocycles. The van der Waals surface area contributed by atoms with Crippen molar-refractivity contribution in [2.24, 2.45) is 16.9 Å². The van der Waals surface area contributed by atoms with Gasteiger partial charge in [-0.25, -0.2) is 0 Å². The number of thiocarbonyl (C=S) groups is 1. The standard InChI is InChI=1S/C15H19N3OS/c19-13-5-2-10(3-6-13)9-16-18-15(20)17-14-8-11-1-4-12(14)7-11/h2-3,5-6,9,11-12,14,19H,1,4,7-8H2,(H2,17,18,20)/b16-9-/t11-,12-,14+/m1/s1. The number of hydrogen-bond acceptors (Lipinski definition) is 3. The fourth-order valence-corrected chi connectivity index (χ4v) is 3.55. The third kappa shape index (κ3) is 3.10. The normalized spacial score (nSPS) is 27.9. The molecule has 2 aliphatic carbocycles. The van der Waals surface area contributed by atoms with Crippen LogP contribution in [0.3, 0.4) is 0 Å². The van der Waals surface area contributed by atoms with Gasteiger partial charge in [0.1, 0.15) is 5.75 Å². The van der Waals surface area contributed by atoms with Gasteiger partial charge in [0, 0.05) is 6.04 Å². The second-order valence-corrected chi connectivity index (χ2v) is 6.12. The number of phenols is 1. The Hall–Kier alpha value is -1.62. The average molecular weight is 289 g/mol. The average Bonchev–Trinajstić information content (AvgIpc) is 3.03. The van der Waals surface area contributed by atoms with Crippen LogP contribution in [0.1, 0.15) is 31.2 Å². The van der Waals surface area contributed by atoms with Gasteiger partial charge in [0.25, 0.3) is 0 Å². The zero-order valence-corrected chi connectivity index (χ0v) is 12.1. The predicted molar refractivity (Wildman–Crippen MR) is 83.8 cm³/mol. The second-order valence-electron chi connectivity index (χ2n) is 5.72. The van der Waals surface area contributed by atoms with Crippen LogP contribution in [0.25, 0.3) is 0 Å². The fourth-order valence-electron chi connectivity index (χ4n) is 3.35. The van der Waals surface area contributed by atoms with E-state index in [2.05, 4.69) is 15.8 Å². The lowest BCUT2D eigenvalue weighted by Gasteiger charge is -2.23. The summed E-state index contributed by atoms with van der Waals surface area (Å²) in [6, 6.07) is 7.39. The molecule has 1 aromatic carbocycles. The summed E-state index contributed by atoms with van der Waals surface area (Å²) in [5, 5.41) is 17.3. The van der Waals surface area contributed by atoms with Gasteiger partial charge < -0.3 is 10.4 Å². The molecule has 3 N–H and O–H groups in total. The molecule has 0 heterocycles. The zero-order valence-electron chi connectivity index (χ0n) is 11.2. The summed E-state index contributed by atoms with van der Waals surface area (Å²) in [4.78, 5) is 0. The van der Waals surface area contributed by atoms with E-state index < -0.39 is 0 Å². The molecule has 2 saturated carbocycles. The Balaban J connectivity index is 1.46. The fraction of sp³-hybridized carbons (Fsp3) is 0.467. The largest absolute Gasteiger partial charge is 0.508 e. The van der Waals surface area contributed by atoms with Crippen LogP contribution in [0, 0.1) is 11.8 Å². The number of rotatable bonds is 3. The van der Waals surface area contributed by atoms with Gasteiger partial charge in [0.15, 0.2) is 5.11 Å². The number of hydrazone groups is 1. The summed E-state index contributed by atoms with van der Waals surface area (Å²) in [6.07, 6.45) is 7.02. The topological polar surface area (TPSA) is 56.7 Å². The van der Waals surface area contributed by atoms with E-state index in [1.807, 2.05) is 0 Å². The van der Waals surface area contributed by atoms with Gasteiger partial charge in [-0.15, -0.1) is 0 Å². The van der Waals surface area contributed by atoms with Gasteiger partial charge in [-0.3, -0.25) is 5.43 Å². The highest BCUT2D eigenvalue weighted by molar-refractivity contribution is 7.80. The summed E-state index contributed by atoms with van der Waals surface area (Å²) in [6.45, 7) is 0. The van der Waals surface area contributed by atoms with E-state index in [9.17, 15) is 5.11 Å². The van der Waals surface area contributed by atoms with Crippen LogP contribution >= 0.6 is 12.2 Å². The van der Waals surface area contributed by atoms with Crippen LogP contribution < -0.4 is 10.7 Å². The molecule has 20 heavy (non-hydrogen) atoms. The maximum absolute atomic E-state index is 9.19. The number of nitrogens with one attached hydrogen (secondary N) is 2. The van der Waals surface area contributed by atoms with Crippen LogP contribution in [0.2, 0.25) is 0 Å². The Kier molecular flexibility index (Phi) is 3.87. The molecule has 3 rings (SSSR count). The summed E-state index contributed by atoms with van der Waals surface area (Å²) in [5.74, 6) is 1.95. The number of fused-ring (bicyclic) bond motifs is 2. The molecule has 0 saturated heterocycles. The van der Waals surface area contributed by atoms with Crippen molar-refractivity contribution in [2.75, 3.05) is 0 Å². The number of hydrogen-bond donors (Lipinski definition) is 3. The molecule has 0 spiro atoms. The van der Waals surface area contributed by atoms with E-state index in [0.29, 0.717) is 11.2 Å². The van der Waals surface area contributed by atoms with E-state index in [1.165, 1.54) is 25.7 Å². The van der Waals surface area contributed by atoms with Crippen LogP contribution in [0.5, 0.6) is 5.75 Å². The van der Waals surface area contributed by atoms with E-state index >= 15 is 0 Å². The quantitative estimate of drug-likeness (QED) is 0.454. The second kappa shape index (κ2) is 5.79. The first kappa shape index (κ1) is 13.4. The Morgan fingerprint density at radius 3 is 2.70 bits per heavy atom. The molecule has 0 unspecified atom stereocenters. The van der Waals surface area contributed by atoms with Crippen molar-refractivity contribution in [1.29, 1.82) is 0 Å². The Morgan fingerprint density at radius 2 is 2.05 bits per heavy atom. The van der Waals surface area contributed by atoms with Gasteiger partial charge in [-0.2, -0.15) is 5.10 Å². The Bertz CT molecular complexity index is 514. The first-order valence-electron chi connectivity index (χ1n) is 7.09. The monoisotopic (exact) mass is 289 g/mol. The maximum atomic E-state index is 9.19. The van der Waals surface area contributed by atoms with Crippen molar-refractivity contribution in [1.82, 2.24) is 10.7 Å². The molecule has 2 aliphatic rings. The molecule has 3 atom stereocenters. The lowest BCUT2D eigenvalue weighted by Crippen LogP contribution is -2.42. The molecule has 2 bridgehead atoms. The lowest BCUT2D eigenvalue weighted by atomic mass is 9.96. The number of nitrogens with zero attached hydrogens (tertiary/aromatic N) is 1. The van der Waals surface area contributed by atoms with Crippen molar-refractivity contribution in [2.45, 2.75) is 31.7 Å². The predicted octanol–water partition coefficient (Wildman–Crippen LogP) is 2.38. The smallest absolute Gasteiger partial charge is 0.187 e. The highest BCUT2D eigenvalue weighted by atomic mass is 32.1. The third-order valence-corrected chi connectivity index (χ3v) is 4.54. The summed E-state index contributed by atoms with van der Waals surface area (Å²) in [5.41, 5.74) is 3.77. The lowest BCUT2D eigenvalue weighted by molar-refractivity contribution is 0.389. The summed E-state index contributed by atoms with van der Waals surface area (Å²) < 4.78 is 0. The van der Waals surface area contributed by atoms with Crippen molar-refractivity contribution >= 4 is 23.5 Å². The van der Waals surface area contributed by atoms with Gasteiger partial charge in [-0.1, -0.05) is 6.42 Å². The highest BCUT2D eigenvalue weighted by Gasteiger charge is 2.39. The SMILES string of the molecule is Oc1ccc(/C=N\NC(=S)N[C@H]2C[C@@H]3CC[C@@H]2C3)cc1. The van der Waals surface area contributed by atoms with E-state index in [-0.39, 0.29) is 5.75 Å². The summed E-state index contributed by atoms with van der Waals surface area (Å²) >= 11 is 5.27. The molecule has 0 amide bonds. The van der Waals surface area contributed by atoms with Crippen molar-refractivity contribution in [3.8, 4) is 5.75 Å². The molecule has 0 aromatic heterocycles. The van der Waals surface area contributed by atoms with Gasteiger partial charge >= 0.3 is 0 Å². The van der Waals surface area contributed by atoms with Gasteiger partial charge in [-0.05, 0) is 73.1 Å². The molecular weight excluding hydrogens is 270 g/mol. The van der Waals surface area contributed by atoms with Crippen LogP contribution in [0.4, 0.5) is 0 Å². The van der Waals surface area contributed by atoms with E-state index in [4.69, 9.17) is 12.2 Å². The number of phenolic OH excluding ortho intramolecular Hbond substituents is 1. The van der Waals surface area contributed by atoms with Crippen molar-refractivity contribution in [3.63, 3.8) is 0 Å². The minimum atomic E-state index is 0.253. The minimum Gasteiger partial charge on any atom is -0.508 e. The molecule has 106 valence electrons. The van der Waals surface area contributed by atoms with Gasteiger partial charge in [0.05, 0.1) is 6.21 Å². The number of benzene rings is 1. The first-order valence-corrected chi connectivity index (χ1v) is 7.50. The Labute approximate surface area is 124 Å². The minimum absolute atomic E-state index is 0.253. The molecule has 5 heteroatoms. The molecule has 2 fully saturated rings. The zero-order chi connectivity index (χ0) is 13.9. The Morgan fingerprint density at radius 1 is 1.25 bits per heavy atom. The van der Waals surface area contributed by atoms with Crippen LogP contribution in [0.15, 0.2) is 29.4 Å². The maximum Gasteiger partial charge on any atom is 0.187 e. The first-order chi connectivity index (χ1) is 9.70. The van der Waals surface area contributed by atoms with Gasteiger partial charge in [0.2, 0.25) is 0 Å². The molecule has 0 radical (unpaired) electrons. The van der Waals surface area contributed by atoms with E-state index in [1.54, 1.807) is 30.5 Å². The van der Waals surface area contributed by atoms with Crippen molar-refractivity contribution < 1.29 is 5.11 Å². The van der Waals surface area contributed by atoms with Crippen LogP contribution in [-0.2, 0) is 0 Å². The van der Waals surface area contributed by atoms with Crippen LogP contribution in [-0.4, -0.2) is 22.5 Å². The van der Waals surface area contributed by atoms with Crippen molar-refractivity contribution in [3.05, 3.63) is 29.8 Å². The number of aromatic hydroxyl groups is 1. The molecule has 4 nitrogen and oxygen atoms in total. The third-order valence-electron chi connectivity index (χ3n) is 4.33. The molecular formula is C15H19N3OS. The highest BCUT2D eigenvalue weighted by Crippen LogP contribution is 2.44. The van der Waals surface area contributed by atoms with E-state index in [0.717, 1.165) is 17.4 Å². The summed E-state index contributed by atoms with van der Waals surface area (Å²) in [7, 11) is 0.